The predicted molar refractivity (Wildman–Crippen MR) is 71.6 cm³/mol. The van der Waals surface area contributed by atoms with Crippen LogP contribution in [-0.2, 0) is 11.2 Å². The van der Waals surface area contributed by atoms with E-state index in [4.69, 9.17) is 16.3 Å². The summed E-state index contributed by atoms with van der Waals surface area (Å²) in [6.07, 6.45) is 4.00. The summed E-state index contributed by atoms with van der Waals surface area (Å²) in [6, 6.07) is 8.44. The van der Waals surface area contributed by atoms with E-state index in [-0.39, 0.29) is 0 Å². The summed E-state index contributed by atoms with van der Waals surface area (Å²) < 4.78 is 5.92. The summed E-state index contributed by atoms with van der Waals surface area (Å²) in [6.45, 7) is 2.14. The van der Waals surface area contributed by atoms with Crippen molar-refractivity contribution in [2.75, 3.05) is 7.05 Å². The first-order chi connectivity index (χ1) is 8.19. The van der Waals surface area contributed by atoms with Gasteiger partial charge in [-0.1, -0.05) is 23.7 Å². The molecule has 1 aliphatic rings. The summed E-state index contributed by atoms with van der Waals surface area (Å²) >= 11 is 6.00. The van der Waals surface area contributed by atoms with Crippen LogP contribution in [0.4, 0.5) is 0 Å². The van der Waals surface area contributed by atoms with Crippen molar-refractivity contribution in [2.24, 2.45) is 0 Å². The molecule has 1 aliphatic heterocycles. The summed E-state index contributed by atoms with van der Waals surface area (Å²) in [4.78, 5) is 0. The van der Waals surface area contributed by atoms with E-state index in [1.807, 2.05) is 25.2 Å². The molecule has 1 fully saturated rings. The van der Waals surface area contributed by atoms with Gasteiger partial charge in [-0.15, -0.1) is 0 Å². The SMILES string of the molecule is CNC(Cc1cccc(Cl)c1)C1CCC(C)O1. The third-order valence-electron chi connectivity index (χ3n) is 3.43. The number of hydrogen-bond donors (Lipinski definition) is 1. The largest absolute Gasteiger partial charge is 0.374 e. The average molecular weight is 254 g/mol. The van der Waals surface area contributed by atoms with Crippen LogP contribution in [0.2, 0.25) is 5.02 Å². The minimum Gasteiger partial charge on any atom is -0.374 e. The monoisotopic (exact) mass is 253 g/mol. The van der Waals surface area contributed by atoms with Gasteiger partial charge < -0.3 is 10.1 Å². The zero-order valence-corrected chi connectivity index (χ0v) is 11.2. The molecule has 1 aromatic rings. The fourth-order valence-electron chi connectivity index (χ4n) is 2.47. The molecule has 94 valence electrons. The molecular weight excluding hydrogens is 234 g/mol. The van der Waals surface area contributed by atoms with Crippen LogP contribution in [0.15, 0.2) is 24.3 Å². The van der Waals surface area contributed by atoms with E-state index < -0.39 is 0 Å². The van der Waals surface area contributed by atoms with Crippen LogP contribution in [0.25, 0.3) is 0 Å². The molecule has 1 heterocycles. The van der Waals surface area contributed by atoms with E-state index in [9.17, 15) is 0 Å². The lowest BCUT2D eigenvalue weighted by molar-refractivity contribution is 0.0337. The molecule has 0 aliphatic carbocycles. The Hall–Kier alpha value is -0.570. The first kappa shape index (κ1) is 12.9. The van der Waals surface area contributed by atoms with Crippen molar-refractivity contribution in [1.29, 1.82) is 0 Å². The number of rotatable bonds is 4. The zero-order valence-electron chi connectivity index (χ0n) is 10.4. The maximum Gasteiger partial charge on any atom is 0.0735 e. The Balaban J connectivity index is 2.00. The Morgan fingerprint density at radius 2 is 2.29 bits per heavy atom. The van der Waals surface area contributed by atoms with Gasteiger partial charge in [0, 0.05) is 11.1 Å². The lowest BCUT2D eigenvalue weighted by Crippen LogP contribution is -2.39. The number of nitrogens with one attached hydrogen (secondary N) is 1. The van der Waals surface area contributed by atoms with Crippen LogP contribution < -0.4 is 5.32 Å². The van der Waals surface area contributed by atoms with Gasteiger partial charge in [-0.2, -0.15) is 0 Å². The number of likely N-dealkylation sites (N-methyl/N-ethyl adjacent to an activating group) is 1. The van der Waals surface area contributed by atoms with Gasteiger partial charge in [-0.25, -0.2) is 0 Å². The van der Waals surface area contributed by atoms with E-state index in [1.54, 1.807) is 0 Å². The molecule has 1 aromatic carbocycles. The quantitative estimate of drug-likeness (QED) is 0.891. The third-order valence-corrected chi connectivity index (χ3v) is 3.66. The van der Waals surface area contributed by atoms with Crippen molar-refractivity contribution in [2.45, 2.75) is 44.4 Å². The maximum absolute atomic E-state index is 6.00. The second-order valence-electron chi connectivity index (χ2n) is 4.79. The van der Waals surface area contributed by atoms with E-state index in [0.29, 0.717) is 18.2 Å². The number of halogens is 1. The van der Waals surface area contributed by atoms with Crippen molar-refractivity contribution in [1.82, 2.24) is 5.32 Å². The lowest BCUT2D eigenvalue weighted by Gasteiger charge is -2.23. The number of ether oxygens (including phenoxy) is 1. The normalized spacial score (nSPS) is 26.1. The fraction of sp³-hybridized carbons (Fsp3) is 0.571. The molecule has 2 nitrogen and oxygen atoms in total. The van der Waals surface area contributed by atoms with Crippen LogP contribution in [0.1, 0.15) is 25.3 Å². The smallest absolute Gasteiger partial charge is 0.0735 e. The maximum atomic E-state index is 6.00. The van der Waals surface area contributed by atoms with Gasteiger partial charge in [0.25, 0.3) is 0 Å². The van der Waals surface area contributed by atoms with E-state index in [0.717, 1.165) is 17.9 Å². The Kier molecular flexibility index (Phi) is 4.43. The van der Waals surface area contributed by atoms with Gasteiger partial charge in [-0.05, 0) is 50.9 Å². The lowest BCUT2D eigenvalue weighted by atomic mass is 9.99. The predicted octanol–water partition coefficient (Wildman–Crippen LogP) is 3.04. The highest BCUT2D eigenvalue weighted by molar-refractivity contribution is 6.30. The topological polar surface area (TPSA) is 21.3 Å². The molecule has 0 saturated carbocycles. The molecule has 0 bridgehead atoms. The zero-order chi connectivity index (χ0) is 12.3. The molecule has 3 atom stereocenters. The van der Waals surface area contributed by atoms with E-state index >= 15 is 0 Å². The second kappa shape index (κ2) is 5.85. The van der Waals surface area contributed by atoms with Gasteiger partial charge in [0.1, 0.15) is 0 Å². The molecule has 3 unspecified atom stereocenters. The fourth-order valence-corrected chi connectivity index (χ4v) is 2.68. The Morgan fingerprint density at radius 1 is 1.47 bits per heavy atom. The molecule has 0 radical (unpaired) electrons. The third kappa shape index (κ3) is 3.44. The summed E-state index contributed by atoms with van der Waals surface area (Å²) in [5.74, 6) is 0. The molecule has 1 saturated heterocycles. The minimum absolute atomic E-state index is 0.328. The van der Waals surface area contributed by atoms with E-state index in [2.05, 4.69) is 18.3 Å². The first-order valence-electron chi connectivity index (χ1n) is 6.26. The molecule has 2 rings (SSSR count). The van der Waals surface area contributed by atoms with Crippen molar-refractivity contribution in [3.05, 3.63) is 34.9 Å². The van der Waals surface area contributed by atoms with Gasteiger partial charge >= 0.3 is 0 Å². The average Bonchev–Trinajstić information content (AvgIpc) is 2.73. The molecule has 1 N–H and O–H groups in total. The highest BCUT2D eigenvalue weighted by Crippen LogP contribution is 2.24. The van der Waals surface area contributed by atoms with Crippen LogP contribution >= 0.6 is 11.6 Å². The van der Waals surface area contributed by atoms with Gasteiger partial charge in [-0.3, -0.25) is 0 Å². The van der Waals surface area contributed by atoms with Crippen molar-refractivity contribution < 1.29 is 4.74 Å². The summed E-state index contributed by atoms with van der Waals surface area (Å²) in [5.41, 5.74) is 1.26. The molecule has 3 heteroatoms. The Bertz CT molecular complexity index is 369. The van der Waals surface area contributed by atoms with Crippen molar-refractivity contribution >= 4 is 11.6 Å². The highest BCUT2D eigenvalue weighted by Gasteiger charge is 2.28. The Morgan fingerprint density at radius 3 is 2.88 bits per heavy atom. The summed E-state index contributed by atoms with van der Waals surface area (Å²) in [7, 11) is 2.00. The number of benzene rings is 1. The first-order valence-corrected chi connectivity index (χ1v) is 6.64. The van der Waals surface area contributed by atoms with Gasteiger partial charge in [0.15, 0.2) is 0 Å². The molecule has 0 aromatic heterocycles. The molecule has 17 heavy (non-hydrogen) atoms. The Labute approximate surface area is 108 Å². The highest BCUT2D eigenvalue weighted by atomic mass is 35.5. The second-order valence-corrected chi connectivity index (χ2v) is 5.23. The van der Waals surface area contributed by atoms with Gasteiger partial charge in [0.2, 0.25) is 0 Å². The van der Waals surface area contributed by atoms with Crippen molar-refractivity contribution in [3.63, 3.8) is 0 Å². The van der Waals surface area contributed by atoms with Crippen LogP contribution in [0.5, 0.6) is 0 Å². The van der Waals surface area contributed by atoms with Gasteiger partial charge in [0.05, 0.1) is 12.2 Å². The molecular formula is C14H20ClNO. The van der Waals surface area contributed by atoms with Crippen LogP contribution in [-0.4, -0.2) is 25.3 Å². The molecule has 0 spiro atoms. The van der Waals surface area contributed by atoms with Crippen LogP contribution in [0, 0.1) is 0 Å². The molecule has 0 amide bonds. The van der Waals surface area contributed by atoms with Crippen LogP contribution in [0.3, 0.4) is 0 Å². The van der Waals surface area contributed by atoms with E-state index in [1.165, 1.54) is 12.0 Å². The van der Waals surface area contributed by atoms with Crippen molar-refractivity contribution in [3.8, 4) is 0 Å². The standard InChI is InChI=1S/C14H20ClNO/c1-10-6-7-14(17-10)13(16-2)9-11-4-3-5-12(15)8-11/h3-5,8,10,13-14,16H,6-7,9H2,1-2H3. The summed E-state index contributed by atoms with van der Waals surface area (Å²) in [5, 5.41) is 4.17. The minimum atomic E-state index is 0.328. The number of hydrogen-bond acceptors (Lipinski definition) is 2.